The number of hydrogen-bond acceptors (Lipinski definition) is 2. The normalized spacial score (nSPS) is 13.5. The third-order valence-electron chi connectivity index (χ3n) is 2.49. The lowest BCUT2D eigenvalue weighted by molar-refractivity contribution is 0.252. The predicted octanol–water partition coefficient (Wildman–Crippen LogP) is 1.17. The largest absolute Gasteiger partial charge is 0.333 e. The van der Waals surface area contributed by atoms with Crippen molar-refractivity contribution in [3.8, 4) is 0 Å². The highest BCUT2D eigenvalue weighted by Crippen LogP contribution is 2.24. The Morgan fingerprint density at radius 2 is 2.07 bits per heavy atom. The second-order valence-corrected chi connectivity index (χ2v) is 3.44. The number of fused-ring (bicyclic) bond motifs is 1. The number of amides is 2. The average Bonchev–Trinajstić information content (AvgIpc) is 2.64. The fraction of sp³-hybridized carbons (Fsp3) is 0.300. The topological polar surface area (TPSA) is 67.1 Å². The molecule has 2 rings (SSSR count). The molecule has 74 valence electrons. The number of urea groups is 1. The van der Waals surface area contributed by atoms with Gasteiger partial charge in [0.1, 0.15) is 0 Å². The van der Waals surface area contributed by atoms with Crippen LogP contribution in [-0.4, -0.2) is 6.03 Å². The number of anilines is 1. The second-order valence-electron chi connectivity index (χ2n) is 3.44. The first-order valence-electron chi connectivity index (χ1n) is 4.69. The number of aryl methyl sites for hydroxylation is 2. The van der Waals surface area contributed by atoms with E-state index in [-0.39, 0.29) is 6.03 Å². The van der Waals surface area contributed by atoms with Gasteiger partial charge >= 0.3 is 6.03 Å². The highest BCUT2D eigenvalue weighted by Gasteiger charge is 2.11. The van der Waals surface area contributed by atoms with Gasteiger partial charge in [-0.2, -0.15) is 0 Å². The third kappa shape index (κ3) is 1.70. The summed E-state index contributed by atoms with van der Waals surface area (Å²) in [7, 11) is 0. The zero-order valence-corrected chi connectivity index (χ0v) is 7.84. The smallest absolute Gasteiger partial charge is 0.307 e. The molecule has 4 heteroatoms. The van der Waals surface area contributed by atoms with Crippen molar-refractivity contribution in [2.24, 2.45) is 5.84 Å². The zero-order chi connectivity index (χ0) is 9.97. The van der Waals surface area contributed by atoms with Gasteiger partial charge < -0.3 is 5.32 Å². The van der Waals surface area contributed by atoms with Gasteiger partial charge in [-0.25, -0.2) is 10.6 Å². The van der Waals surface area contributed by atoms with Crippen LogP contribution >= 0.6 is 0 Å². The standard InChI is InChI=1S/C10H13N3O/c11-13-10(14)12-9-5-4-7-2-1-3-8(7)6-9/h4-6H,1-3,11H2,(H2,12,13,14). The van der Waals surface area contributed by atoms with Crippen molar-refractivity contribution in [1.29, 1.82) is 0 Å². The SMILES string of the molecule is NNC(=O)Nc1ccc2c(c1)CCC2. The Labute approximate surface area is 82.5 Å². The molecule has 0 saturated carbocycles. The highest BCUT2D eigenvalue weighted by atomic mass is 16.2. The molecule has 1 aromatic carbocycles. The quantitative estimate of drug-likeness (QED) is 0.354. The molecule has 0 spiro atoms. The maximum Gasteiger partial charge on any atom is 0.333 e. The summed E-state index contributed by atoms with van der Waals surface area (Å²) in [5.41, 5.74) is 5.56. The first-order chi connectivity index (χ1) is 6.79. The molecule has 0 bridgehead atoms. The molecule has 1 aliphatic carbocycles. The van der Waals surface area contributed by atoms with Crippen molar-refractivity contribution in [2.45, 2.75) is 19.3 Å². The van der Waals surface area contributed by atoms with Gasteiger partial charge in [0.15, 0.2) is 0 Å². The van der Waals surface area contributed by atoms with E-state index in [0.29, 0.717) is 0 Å². The summed E-state index contributed by atoms with van der Waals surface area (Å²) in [6.07, 6.45) is 3.47. The van der Waals surface area contributed by atoms with Gasteiger partial charge in [0.25, 0.3) is 0 Å². The predicted molar refractivity (Wildman–Crippen MR) is 54.8 cm³/mol. The van der Waals surface area contributed by atoms with E-state index in [1.54, 1.807) is 0 Å². The maximum atomic E-state index is 10.9. The van der Waals surface area contributed by atoms with E-state index in [9.17, 15) is 4.79 Å². The van der Waals surface area contributed by atoms with E-state index in [1.807, 2.05) is 17.6 Å². The number of rotatable bonds is 1. The van der Waals surface area contributed by atoms with Crippen LogP contribution in [0.15, 0.2) is 18.2 Å². The molecule has 2 amide bonds. The molecule has 14 heavy (non-hydrogen) atoms. The highest BCUT2D eigenvalue weighted by molar-refractivity contribution is 5.88. The van der Waals surface area contributed by atoms with E-state index in [0.717, 1.165) is 18.5 Å². The Bertz CT molecular complexity index is 362. The van der Waals surface area contributed by atoms with E-state index < -0.39 is 0 Å². The van der Waals surface area contributed by atoms with Gasteiger partial charge in [0.2, 0.25) is 0 Å². The van der Waals surface area contributed by atoms with Gasteiger partial charge in [-0.05, 0) is 42.5 Å². The van der Waals surface area contributed by atoms with Crippen LogP contribution in [-0.2, 0) is 12.8 Å². The molecule has 0 aromatic heterocycles. The van der Waals surface area contributed by atoms with Crippen molar-refractivity contribution in [3.63, 3.8) is 0 Å². The van der Waals surface area contributed by atoms with Crippen LogP contribution in [0.1, 0.15) is 17.5 Å². The van der Waals surface area contributed by atoms with Crippen LogP contribution < -0.4 is 16.6 Å². The van der Waals surface area contributed by atoms with E-state index in [4.69, 9.17) is 5.84 Å². The van der Waals surface area contributed by atoms with E-state index >= 15 is 0 Å². The summed E-state index contributed by atoms with van der Waals surface area (Å²) in [5, 5.41) is 2.65. The maximum absolute atomic E-state index is 10.9. The van der Waals surface area contributed by atoms with E-state index in [2.05, 4.69) is 11.4 Å². The minimum Gasteiger partial charge on any atom is -0.307 e. The molecule has 0 fully saturated rings. The van der Waals surface area contributed by atoms with Crippen molar-refractivity contribution in [1.82, 2.24) is 5.43 Å². The summed E-state index contributed by atoms with van der Waals surface area (Å²) < 4.78 is 0. The number of nitrogens with one attached hydrogen (secondary N) is 2. The van der Waals surface area contributed by atoms with Crippen LogP contribution in [0, 0.1) is 0 Å². The first-order valence-corrected chi connectivity index (χ1v) is 4.69. The lowest BCUT2D eigenvalue weighted by Crippen LogP contribution is -2.34. The summed E-state index contributed by atoms with van der Waals surface area (Å²) in [6.45, 7) is 0. The Hall–Kier alpha value is -1.55. The fourth-order valence-corrected chi connectivity index (χ4v) is 1.82. The molecule has 0 unspecified atom stereocenters. The lowest BCUT2D eigenvalue weighted by Gasteiger charge is -2.06. The number of hydrazine groups is 1. The molecule has 0 aliphatic heterocycles. The van der Waals surface area contributed by atoms with Crippen LogP contribution in [0.4, 0.5) is 10.5 Å². The molecule has 0 atom stereocenters. The Morgan fingerprint density at radius 1 is 1.29 bits per heavy atom. The fourth-order valence-electron chi connectivity index (χ4n) is 1.82. The summed E-state index contributed by atoms with van der Waals surface area (Å²) in [6, 6.07) is 5.59. The van der Waals surface area contributed by atoms with Crippen LogP contribution in [0.2, 0.25) is 0 Å². The molecular weight excluding hydrogens is 178 g/mol. The number of carbonyl (C=O) groups excluding carboxylic acids is 1. The van der Waals surface area contributed by atoms with Gasteiger partial charge in [-0.15, -0.1) is 0 Å². The van der Waals surface area contributed by atoms with Gasteiger partial charge in [0.05, 0.1) is 0 Å². The van der Waals surface area contributed by atoms with Crippen LogP contribution in [0.3, 0.4) is 0 Å². The lowest BCUT2D eigenvalue weighted by atomic mass is 10.1. The number of nitrogens with two attached hydrogens (primary N) is 1. The van der Waals surface area contributed by atoms with E-state index in [1.165, 1.54) is 17.5 Å². The number of benzene rings is 1. The Morgan fingerprint density at radius 3 is 2.86 bits per heavy atom. The molecule has 0 heterocycles. The van der Waals surface area contributed by atoms with Gasteiger partial charge in [-0.3, -0.25) is 5.43 Å². The summed E-state index contributed by atoms with van der Waals surface area (Å²) in [5.74, 6) is 4.97. The summed E-state index contributed by atoms with van der Waals surface area (Å²) in [4.78, 5) is 10.9. The molecule has 4 nitrogen and oxygen atoms in total. The van der Waals surface area contributed by atoms with Crippen molar-refractivity contribution >= 4 is 11.7 Å². The molecule has 0 saturated heterocycles. The minimum absolute atomic E-state index is 0.386. The van der Waals surface area contributed by atoms with Gasteiger partial charge in [0, 0.05) is 5.69 Å². The van der Waals surface area contributed by atoms with Crippen LogP contribution in [0.25, 0.3) is 0 Å². The monoisotopic (exact) mass is 191 g/mol. The Kier molecular flexibility index (Phi) is 2.37. The Balaban J connectivity index is 2.16. The number of carbonyl (C=O) groups is 1. The minimum atomic E-state index is -0.386. The molecule has 1 aliphatic rings. The van der Waals surface area contributed by atoms with Crippen molar-refractivity contribution in [3.05, 3.63) is 29.3 Å². The first kappa shape index (κ1) is 9.02. The number of hydrogen-bond donors (Lipinski definition) is 3. The zero-order valence-electron chi connectivity index (χ0n) is 7.84. The third-order valence-corrected chi connectivity index (χ3v) is 2.49. The molecular formula is C10H13N3O. The van der Waals surface area contributed by atoms with Crippen LogP contribution in [0.5, 0.6) is 0 Å². The summed E-state index contributed by atoms with van der Waals surface area (Å²) >= 11 is 0. The van der Waals surface area contributed by atoms with Crippen molar-refractivity contribution in [2.75, 3.05) is 5.32 Å². The molecule has 1 aromatic rings. The molecule has 4 N–H and O–H groups in total. The average molecular weight is 191 g/mol. The second kappa shape index (κ2) is 3.67. The molecule has 0 radical (unpaired) electrons. The van der Waals surface area contributed by atoms with Crippen molar-refractivity contribution < 1.29 is 4.79 Å². The van der Waals surface area contributed by atoms with Gasteiger partial charge in [-0.1, -0.05) is 6.07 Å².